The number of allylic oxidation sites excluding steroid dienone is 4. The van der Waals surface area contributed by atoms with Gasteiger partial charge >= 0.3 is 0 Å². The maximum Gasteiger partial charge on any atom is 0.231 e. The molecular formula is C22H21N3O3. The van der Waals surface area contributed by atoms with E-state index in [1.54, 1.807) is 24.4 Å². The van der Waals surface area contributed by atoms with E-state index in [4.69, 9.17) is 4.74 Å². The van der Waals surface area contributed by atoms with E-state index >= 15 is 0 Å². The summed E-state index contributed by atoms with van der Waals surface area (Å²) in [5, 5.41) is 13.7. The lowest BCUT2D eigenvalue weighted by atomic mass is 10.0. The summed E-state index contributed by atoms with van der Waals surface area (Å²) in [6.07, 6.45) is 6.39. The van der Waals surface area contributed by atoms with Crippen LogP contribution in [0.1, 0.15) is 27.2 Å². The number of nitrogens with one attached hydrogen (secondary N) is 1. The molecule has 0 unspecified atom stereocenters. The van der Waals surface area contributed by atoms with Crippen molar-refractivity contribution in [3.05, 3.63) is 70.8 Å². The zero-order valence-corrected chi connectivity index (χ0v) is 15.4. The Morgan fingerprint density at radius 1 is 1.21 bits per heavy atom. The lowest BCUT2D eigenvalue weighted by Gasteiger charge is -2.27. The van der Waals surface area contributed by atoms with Crippen LogP contribution < -0.4 is 10.1 Å². The topological polar surface area (TPSA) is 74.7 Å². The Kier molecular flexibility index (Phi) is 4.22. The number of nitrogens with zero attached hydrogens (tertiary/aromatic N) is 2. The minimum atomic E-state index is -0.144. The number of carbonyl (C=O) groups excluding carboxylic acids is 1. The summed E-state index contributed by atoms with van der Waals surface area (Å²) in [5.74, 6) is 0.806. The van der Waals surface area contributed by atoms with E-state index in [0.29, 0.717) is 29.2 Å². The van der Waals surface area contributed by atoms with Crippen LogP contribution in [0.2, 0.25) is 0 Å². The number of hydrogen-bond donors (Lipinski definition) is 2. The number of benzene rings is 1. The molecule has 0 atom stereocenters. The highest BCUT2D eigenvalue weighted by Crippen LogP contribution is 2.40. The van der Waals surface area contributed by atoms with Gasteiger partial charge in [-0.15, -0.1) is 0 Å². The van der Waals surface area contributed by atoms with Crippen LogP contribution in [0.3, 0.4) is 0 Å². The summed E-state index contributed by atoms with van der Waals surface area (Å²) in [4.78, 5) is 19.5. The molecule has 1 aromatic carbocycles. The number of aromatic nitrogens is 1. The van der Waals surface area contributed by atoms with Gasteiger partial charge in [0, 0.05) is 50.9 Å². The highest BCUT2D eigenvalue weighted by molar-refractivity contribution is 6.14. The van der Waals surface area contributed by atoms with Gasteiger partial charge in [-0.2, -0.15) is 0 Å². The van der Waals surface area contributed by atoms with Crippen LogP contribution in [0.4, 0.5) is 0 Å². The third-order valence-corrected chi connectivity index (χ3v) is 5.51. The van der Waals surface area contributed by atoms with E-state index in [-0.39, 0.29) is 11.5 Å². The first-order valence-corrected chi connectivity index (χ1v) is 9.57. The van der Waals surface area contributed by atoms with E-state index in [0.717, 1.165) is 49.4 Å². The highest BCUT2D eigenvalue weighted by atomic mass is 16.5. The van der Waals surface area contributed by atoms with Crippen LogP contribution in [0.15, 0.2) is 48.4 Å². The van der Waals surface area contributed by atoms with Crippen LogP contribution >= 0.6 is 0 Å². The number of carbonyl (C=O) groups is 1. The molecule has 1 aromatic heterocycles. The van der Waals surface area contributed by atoms with E-state index in [1.807, 2.05) is 12.1 Å². The number of aromatic hydroxyl groups is 1. The van der Waals surface area contributed by atoms with Crippen LogP contribution in [0.5, 0.6) is 11.5 Å². The zero-order valence-electron chi connectivity index (χ0n) is 15.4. The second kappa shape index (κ2) is 6.89. The first-order chi connectivity index (χ1) is 13.7. The molecule has 142 valence electrons. The van der Waals surface area contributed by atoms with Gasteiger partial charge in [0.05, 0.1) is 16.8 Å². The van der Waals surface area contributed by atoms with Crippen LogP contribution in [0.25, 0.3) is 5.57 Å². The van der Waals surface area contributed by atoms with E-state index < -0.39 is 0 Å². The monoisotopic (exact) mass is 375 g/mol. The van der Waals surface area contributed by atoms with Crippen molar-refractivity contribution in [1.29, 1.82) is 0 Å². The molecule has 5 rings (SSSR count). The summed E-state index contributed by atoms with van der Waals surface area (Å²) in [6.45, 7) is 4.20. The van der Waals surface area contributed by atoms with E-state index in [9.17, 15) is 9.90 Å². The van der Waals surface area contributed by atoms with Crippen LogP contribution in [0, 0.1) is 0 Å². The third-order valence-electron chi connectivity index (χ3n) is 5.51. The maximum absolute atomic E-state index is 12.9. The second-order valence-corrected chi connectivity index (χ2v) is 7.27. The second-order valence-electron chi connectivity index (χ2n) is 7.27. The number of ketones is 1. The van der Waals surface area contributed by atoms with Gasteiger partial charge in [-0.25, -0.2) is 0 Å². The molecule has 6 nitrogen and oxygen atoms in total. The molecule has 0 bridgehead atoms. The van der Waals surface area contributed by atoms with E-state index in [2.05, 4.69) is 21.3 Å². The molecule has 0 amide bonds. The van der Waals surface area contributed by atoms with Crippen molar-refractivity contribution in [3.8, 4) is 11.5 Å². The van der Waals surface area contributed by atoms with Crippen molar-refractivity contribution in [2.24, 2.45) is 0 Å². The summed E-state index contributed by atoms with van der Waals surface area (Å²) < 4.78 is 6.00. The number of phenolic OH excluding ortho intramolecular Hbond substituents is 1. The number of phenols is 1. The minimum absolute atomic E-state index is 0.144. The van der Waals surface area contributed by atoms with Crippen molar-refractivity contribution < 1.29 is 14.6 Å². The van der Waals surface area contributed by atoms with Crippen molar-refractivity contribution in [1.82, 2.24) is 15.2 Å². The number of ether oxygens (including phenoxy) is 1. The lowest BCUT2D eigenvalue weighted by Crippen LogP contribution is -2.42. The van der Waals surface area contributed by atoms with Crippen molar-refractivity contribution in [2.75, 3.05) is 26.2 Å². The van der Waals surface area contributed by atoms with Gasteiger partial charge in [-0.1, -0.05) is 12.1 Å². The number of pyridine rings is 1. The van der Waals surface area contributed by atoms with E-state index in [1.165, 1.54) is 0 Å². The van der Waals surface area contributed by atoms with Gasteiger partial charge < -0.3 is 15.2 Å². The quantitative estimate of drug-likeness (QED) is 0.802. The minimum Gasteiger partial charge on any atom is -0.507 e. The largest absolute Gasteiger partial charge is 0.507 e. The first kappa shape index (κ1) is 17.2. The molecule has 1 aliphatic carbocycles. The molecular weight excluding hydrogens is 354 g/mol. The number of rotatable bonds is 3. The molecule has 28 heavy (non-hydrogen) atoms. The molecule has 0 spiro atoms. The Labute approximate surface area is 163 Å². The van der Waals surface area contributed by atoms with Gasteiger partial charge in [-0.05, 0) is 29.8 Å². The SMILES string of the molecule is O=C1/C(=C/C2=CCc3ncccc32)Oc2c1ccc(O)c2CN1CCNCC1. The average Bonchev–Trinajstić information content (AvgIpc) is 3.27. The Morgan fingerprint density at radius 2 is 2.07 bits per heavy atom. The summed E-state index contributed by atoms with van der Waals surface area (Å²) in [6, 6.07) is 7.14. The molecule has 0 radical (unpaired) electrons. The van der Waals surface area contributed by atoms with Gasteiger partial charge in [0.2, 0.25) is 5.78 Å². The summed E-state index contributed by atoms with van der Waals surface area (Å²) in [5.41, 5.74) is 4.19. The molecule has 1 fully saturated rings. The number of fused-ring (bicyclic) bond motifs is 2. The standard InChI is InChI=1S/C22H21N3O3/c26-19-6-4-16-21(27)20(12-14-3-5-18-15(14)2-1-7-24-18)28-22(16)17(19)13-25-10-8-23-9-11-25/h1-4,6-7,12,23,26H,5,8-11,13H2/b20-12-. The van der Waals surface area contributed by atoms with Gasteiger partial charge in [-0.3, -0.25) is 14.7 Å². The number of Topliss-reactive ketones (excluding diaryl/α,β-unsaturated/α-hetero) is 1. The smallest absolute Gasteiger partial charge is 0.231 e. The van der Waals surface area contributed by atoms with Crippen molar-refractivity contribution in [3.63, 3.8) is 0 Å². The average molecular weight is 375 g/mol. The Balaban J connectivity index is 1.46. The third kappa shape index (κ3) is 2.91. The molecule has 0 saturated carbocycles. The van der Waals surface area contributed by atoms with Crippen molar-refractivity contribution >= 4 is 11.4 Å². The van der Waals surface area contributed by atoms with Gasteiger partial charge in [0.25, 0.3) is 0 Å². The fraction of sp³-hybridized carbons (Fsp3) is 0.273. The Hall–Kier alpha value is -2.96. The predicted molar refractivity (Wildman–Crippen MR) is 105 cm³/mol. The zero-order chi connectivity index (χ0) is 19.1. The first-order valence-electron chi connectivity index (χ1n) is 9.57. The molecule has 2 N–H and O–H groups in total. The highest BCUT2D eigenvalue weighted by Gasteiger charge is 2.32. The Bertz CT molecular complexity index is 1020. The normalized spacial score (nSPS) is 20.1. The maximum atomic E-state index is 12.9. The summed E-state index contributed by atoms with van der Waals surface area (Å²) in [7, 11) is 0. The van der Waals surface area contributed by atoms with Crippen LogP contribution in [-0.4, -0.2) is 47.0 Å². The molecule has 3 aliphatic rings. The number of hydrogen-bond acceptors (Lipinski definition) is 6. The molecule has 2 aliphatic heterocycles. The van der Waals surface area contributed by atoms with Gasteiger partial charge in [0.1, 0.15) is 11.5 Å². The number of piperazine rings is 1. The lowest BCUT2D eigenvalue weighted by molar-refractivity contribution is 0.101. The van der Waals surface area contributed by atoms with Crippen molar-refractivity contribution in [2.45, 2.75) is 13.0 Å². The van der Waals surface area contributed by atoms with Crippen LogP contribution in [-0.2, 0) is 13.0 Å². The molecule has 1 saturated heterocycles. The predicted octanol–water partition coefficient (Wildman–Crippen LogP) is 2.29. The fourth-order valence-corrected chi connectivity index (χ4v) is 4.00. The molecule has 6 heteroatoms. The summed E-state index contributed by atoms with van der Waals surface area (Å²) >= 11 is 0. The molecule has 2 aromatic rings. The Morgan fingerprint density at radius 3 is 2.93 bits per heavy atom. The van der Waals surface area contributed by atoms with Gasteiger partial charge in [0.15, 0.2) is 5.76 Å². The molecule has 3 heterocycles. The fourth-order valence-electron chi connectivity index (χ4n) is 4.00.